The fraction of sp³-hybridized carbons (Fsp3) is 0.818. The minimum Gasteiger partial charge on any atom is -0.311 e. The van der Waals surface area contributed by atoms with Gasteiger partial charge in [-0.1, -0.05) is 5.21 Å². The largest absolute Gasteiger partial charge is 0.389 e. The second kappa shape index (κ2) is 5.69. The van der Waals surface area contributed by atoms with Gasteiger partial charge in [0.05, 0.1) is 17.4 Å². The molecule has 0 amide bonds. The van der Waals surface area contributed by atoms with Crippen LogP contribution in [0.25, 0.3) is 0 Å². The van der Waals surface area contributed by atoms with Crippen molar-refractivity contribution in [2.24, 2.45) is 0 Å². The first-order valence-electron chi connectivity index (χ1n) is 5.88. The monoisotopic (exact) mass is 264 g/mol. The van der Waals surface area contributed by atoms with E-state index in [0.717, 1.165) is 5.69 Å². The molecule has 0 fully saturated rings. The first-order chi connectivity index (χ1) is 8.18. The number of halogens is 3. The number of rotatable bonds is 5. The van der Waals surface area contributed by atoms with Crippen molar-refractivity contribution in [2.45, 2.75) is 51.9 Å². The van der Waals surface area contributed by atoms with Gasteiger partial charge in [0.2, 0.25) is 0 Å². The van der Waals surface area contributed by atoms with Crippen LogP contribution in [-0.4, -0.2) is 27.7 Å². The van der Waals surface area contributed by atoms with Crippen LogP contribution in [0.2, 0.25) is 0 Å². The number of nitrogens with zero attached hydrogens (tertiary/aromatic N) is 3. The fourth-order valence-corrected chi connectivity index (χ4v) is 1.34. The van der Waals surface area contributed by atoms with Crippen LogP contribution in [0.3, 0.4) is 0 Å². The maximum Gasteiger partial charge on any atom is 0.389 e. The van der Waals surface area contributed by atoms with E-state index in [0.29, 0.717) is 13.1 Å². The maximum atomic E-state index is 11.9. The summed E-state index contributed by atoms with van der Waals surface area (Å²) in [7, 11) is 0. The predicted molar refractivity (Wildman–Crippen MR) is 62.0 cm³/mol. The lowest BCUT2D eigenvalue weighted by atomic mass is 10.1. The van der Waals surface area contributed by atoms with Crippen LogP contribution in [0.5, 0.6) is 0 Å². The molecule has 104 valence electrons. The highest BCUT2D eigenvalue weighted by Gasteiger charge is 2.25. The Bertz CT molecular complexity index is 365. The molecule has 7 heteroatoms. The molecule has 1 rings (SSSR count). The van der Waals surface area contributed by atoms with E-state index in [2.05, 4.69) is 15.6 Å². The van der Waals surface area contributed by atoms with Gasteiger partial charge < -0.3 is 5.32 Å². The zero-order valence-corrected chi connectivity index (χ0v) is 10.9. The molecule has 0 radical (unpaired) electrons. The van der Waals surface area contributed by atoms with E-state index in [1.165, 1.54) is 0 Å². The van der Waals surface area contributed by atoms with E-state index in [-0.39, 0.29) is 12.0 Å². The number of hydrogen-bond donors (Lipinski definition) is 1. The topological polar surface area (TPSA) is 42.7 Å². The van der Waals surface area contributed by atoms with Gasteiger partial charge in [-0.05, 0) is 33.7 Å². The zero-order valence-electron chi connectivity index (χ0n) is 10.9. The standard InChI is InChI=1S/C11H19F3N4/c1-10(2,3)18-8-9(16-17-18)7-15-6-4-5-11(12,13)14/h8,15H,4-7H2,1-3H3. The fourth-order valence-electron chi connectivity index (χ4n) is 1.34. The molecule has 0 aliphatic heterocycles. The van der Waals surface area contributed by atoms with Crippen molar-refractivity contribution < 1.29 is 13.2 Å². The normalized spacial score (nSPS) is 13.0. The van der Waals surface area contributed by atoms with Crippen molar-refractivity contribution in [3.05, 3.63) is 11.9 Å². The maximum absolute atomic E-state index is 11.9. The summed E-state index contributed by atoms with van der Waals surface area (Å²) in [5.41, 5.74) is 0.596. The van der Waals surface area contributed by atoms with Crippen molar-refractivity contribution >= 4 is 0 Å². The number of alkyl halides is 3. The Morgan fingerprint density at radius 1 is 1.28 bits per heavy atom. The molecule has 18 heavy (non-hydrogen) atoms. The van der Waals surface area contributed by atoms with Gasteiger partial charge in [-0.15, -0.1) is 5.10 Å². The third kappa shape index (κ3) is 5.48. The lowest BCUT2D eigenvalue weighted by Crippen LogP contribution is -2.22. The Morgan fingerprint density at radius 2 is 1.94 bits per heavy atom. The second-order valence-electron chi connectivity index (χ2n) is 5.22. The molecule has 1 heterocycles. The van der Waals surface area contributed by atoms with Crippen LogP contribution in [-0.2, 0) is 12.1 Å². The van der Waals surface area contributed by atoms with Crippen LogP contribution in [0.15, 0.2) is 6.20 Å². The van der Waals surface area contributed by atoms with Crippen LogP contribution < -0.4 is 5.32 Å². The second-order valence-corrected chi connectivity index (χ2v) is 5.22. The van der Waals surface area contributed by atoms with Crippen LogP contribution in [0, 0.1) is 0 Å². The molecule has 0 saturated carbocycles. The van der Waals surface area contributed by atoms with Gasteiger partial charge in [-0.2, -0.15) is 13.2 Å². The predicted octanol–water partition coefficient (Wildman–Crippen LogP) is 2.47. The summed E-state index contributed by atoms with van der Waals surface area (Å²) in [6.07, 6.45) is -2.95. The first kappa shape index (κ1) is 14.9. The summed E-state index contributed by atoms with van der Waals surface area (Å²) in [6.45, 7) is 6.77. The molecule has 0 atom stereocenters. The van der Waals surface area contributed by atoms with E-state index in [9.17, 15) is 13.2 Å². The quantitative estimate of drug-likeness (QED) is 0.831. The summed E-state index contributed by atoms with van der Waals surface area (Å²) in [5.74, 6) is 0. The summed E-state index contributed by atoms with van der Waals surface area (Å²) in [4.78, 5) is 0. The third-order valence-corrected chi connectivity index (χ3v) is 2.35. The minimum atomic E-state index is -4.07. The van der Waals surface area contributed by atoms with E-state index in [1.54, 1.807) is 10.9 Å². The van der Waals surface area contributed by atoms with E-state index < -0.39 is 12.6 Å². The summed E-state index contributed by atoms with van der Waals surface area (Å²) in [5, 5.41) is 10.9. The molecule has 0 bridgehead atoms. The van der Waals surface area contributed by atoms with Gasteiger partial charge >= 0.3 is 6.18 Å². The Balaban J connectivity index is 2.26. The smallest absolute Gasteiger partial charge is 0.311 e. The molecule has 1 aromatic heterocycles. The molecule has 0 aliphatic rings. The number of hydrogen-bond acceptors (Lipinski definition) is 3. The lowest BCUT2D eigenvalue weighted by molar-refractivity contribution is -0.135. The van der Waals surface area contributed by atoms with E-state index in [4.69, 9.17) is 0 Å². The Labute approximate surface area is 105 Å². The summed E-state index contributed by atoms with van der Waals surface area (Å²) >= 11 is 0. The van der Waals surface area contributed by atoms with Gasteiger partial charge in [0.1, 0.15) is 0 Å². The number of nitrogens with one attached hydrogen (secondary N) is 1. The summed E-state index contributed by atoms with van der Waals surface area (Å²) < 4.78 is 37.4. The molecule has 4 nitrogen and oxygen atoms in total. The lowest BCUT2D eigenvalue weighted by Gasteiger charge is -2.17. The Morgan fingerprint density at radius 3 is 2.44 bits per heavy atom. The van der Waals surface area contributed by atoms with E-state index >= 15 is 0 Å². The Hall–Kier alpha value is -1.11. The molecule has 0 saturated heterocycles. The Kier molecular flexibility index (Phi) is 4.72. The molecule has 0 spiro atoms. The summed E-state index contributed by atoms with van der Waals surface area (Å²) in [6, 6.07) is 0. The van der Waals surface area contributed by atoms with Crippen molar-refractivity contribution in [1.29, 1.82) is 0 Å². The number of aromatic nitrogens is 3. The molecule has 1 aromatic rings. The van der Waals surface area contributed by atoms with Gasteiger partial charge in [-0.25, -0.2) is 4.68 Å². The SMILES string of the molecule is CC(C)(C)n1cc(CNCCCC(F)(F)F)nn1. The minimum absolute atomic E-state index is 0.0803. The van der Waals surface area contributed by atoms with Crippen molar-refractivity contribution in [2.75, 3.05) is 6.54 Å². The molecular weight excluding hydrogens is 245 g/mol. The molecule has 0 unspecified atom stereocenters. The highest BCUT2D eigenvalue weighted by Crippen LogP contribution is 2.20. The van der Waals surface area contributed by atoms with Crippen molar-refractivity contribution in [3.8, 4) is 0 Å². The molecule has 0 aliphatic carbocycles. The van der Waals surface area contributed by atoms with Crippen LogP contribution >= 0.6 is 0 Å². The van der Waals surface area contributed by atoms with Gasteiger partial charge in [0, 0.05) is 13.0 Å². The van der Waals surface area contributed by atoms with Crippen molar-refractivity contribution in [1.82, 2.24) is 20.3 Å². The van der Waals surface area contributed by atoms with Crippen LogP contribution in [0.1, 0.15) is 39.3 Å². The average Bonchev–Trinajstić information content (AvgIpc) is 2.63. The third-order valence-electron chi connectivity index (χ3n) is 2.35. The van der Waals surface area contributed by atoms with E-state index in [1.807, 2.05) is 20.8 Å². The van der Waals surface area contributed by atoms with Crippen LogP contribution in [0.4, 0.5) is 13.2 Å². The van der Waals surface area contributed by atoms with Gasteiger partial charge in [-0.3, -0.25) is 0 Å². The highest BCUT2D eigenvalue weighted by atomic mass is 19.4. The molecule has 1 N–H and O–H groups in total. The average molecular weight is 264 g/mol. The molecular formula is C11H19F3N4. The van der Waals surface area contributed by atoms with Gasteiger partial charge in [0.25, 0.3) is 0 Å². The first-order valence-corrected chi connectivity index (χ1v) is 5.88. The highest BCUT2D eigenvalue weighted by molar-refractivity contribution is 4.93. The van der Waals surface area contributed by atoms with Crippen molar-refractivity contribution in [3.63, 3.8) is 0 Å². The zero-order chi connectivity index (χ0) is 13.8. The molecule has 0 aromatic carbocycles. The van der Waals surface area contributed by atoms with Gasteiger partial charge in [0.15, 0.2) is 0 Å².